The van der Waals surface area contributed by atoms with E-state index in [0.29, 0.717) is 68.6 Å². The van der Waals surface area contributed by atoms with E-state index in [1.165, 1.54) is 6.07 Å². The highest BCUT2D eigenvalue weighted by Gasteiger charge is 2.28. The number of aryl methyl sites for hydroxylation is 1. The molecule has 1 N–H and O–H groups in total. The van der Waals surface area contributed by atoms with E-state index in [2.05, 4.69) is 15.5 Å². The van der Waals surface area contributed by atoms with Gasteiger partial charge in [-0.15, -0.1) is 0 Å². The van der Waals surface area contributed by atoms with Crippen molar-refractivity contribution in [1.29, 1.82) is 0 Å². The minimum absolute atomic E-state index is 0.117. The maximum absolute atomic E-state index is 14.4. The van der Waals surface area contributed by atoms with Crippen LogP contribution in [0.4, 0.5) is 15.8 Å². The molecule has 0 spiro atoms. The highest BCUT2D eigenvalue weighted by atomic mass is 32.2. The lowest BCUT2D eigenvalue weighted by Crippen LogP contribution is -2.49. The number of rotatable bonds is 5. The van der Waals surface area contributed by atoms with Crippen LogP contribution in [0.25, 0.3) is 0 Å². The summed E-state index contributed by atoms with van der Waals surface area (Å²) in [4.78, 5) is 20.0. The van der Waals surface area contributed by atoms with E-state index in [4.69, 9.17) is 4.74 Å². The summed E-state index contributed by atoms with van der Waals surface area (Å²) in [7, 11) is -1.11. The van der Waals surface area contributed by atoms with Crippen molar-refractivity contribution < 1.29 is 18.1 Å². The van der Waals surface area contributed by atoms with Crippen LogP contribution in [0.3, 0.4) is 0 Å². The lowest BCUT2D eigenvalue weighted by atomic mass is 10.1. The normalized spacial score (nSPS) is 18.8. The summed E-state index contributed by atoms with van der Waals surface area (Å²) in [5.74, 6) is 3.43. The largest absolute Gasteiger partial charge is 0.378 e. The van der Waals surface area contributed by atoms with Crippen LogP contribution in [0, 0.1) is 12.7 Å². The second kappa shape index (κ2) is 9.70. The molecule has 0 aliphatic carbocycles. The molecule has 9 heteroatoms. The molecule has 2 aromatic carbocycles. The SMILES string of the molecule is C=S(=O)(NC)c1ccc(N2CCOCC2)c(C(=O)N2CCN(c3ccc(C)cc3F)CC2)c1. The Morgan fingerprint density at radius 2 is 1.64 bits per heavy atom. The number of hydrogen-bond acceptors (Lipinski definition) is 5. The molecule has 0 aromatic heterocycles. The van der Waals surface area contributed by atoms with Crippen molar-refractivity contribution in [2.24, 2.45) is 0 Å². The van der Waals surface area contributed by atoms with Gasteiger partial charge in [0.2, 0.25) is 0 Å². The lowest BCUT2D eigenvalue weighted by Gasteiger charge is -2.37. The quantitative estimate of drug-likeness (QED) is 0.673. The molecule has 2 aliphatic heterocycles. The Morgan fingerprint density at radius 1 is 1.00 bits per heavy atom. The van der Waals surface area contributed by atoms with Gasteiger partial charge in [0.1, 0.15) is 5.82 Å². The van der Waals surface area contributed by atoms with Crippen LogP contribution >= 0.6 is 0 Å². The number of amides is 1. The third-order valence-corrected chi connectivity index (χ3v) is 7.95. The summed E-state index contributed by atoms with van der Waals surface area (Å²) in [6.07, 6.45) is 0. The number of benzene rings is 2. The van der Waals surface area contributed by atoms with Crippen molar-refractivity contribution in [3.8, 4) is 0 Å². The summed E-state index contributed by atoms with van der Waals surface area (Å²) < 4.78 is 35.5. The first-order valence-corrected chi connectivity index (χ1v) is 12.9. The van der Waals surface area contributed by atoms with Crippen LogP contribution in [-0.2, 0) is 14.4 Å². The van der Waals surface area contributed by atoms with E-state index < -0.39 is 9.71 Å². The third-order valence-electron chi connectivity index (χ3n) is 6.27. The fraction of sp³-hybridized carbons (Fsp3) is 0.417. The zero-order valence-electron chi connectivity index (χ0n) is 19.2. The van der Waals surface area contributed by atoms with E-state index in [1.807, 2.05) is 24.0 Å². The number of halogens is 1. The minimum Gasteiger partial charge on any atom is -0.378 e. The number of carbonyl (C=O) groups excluding carboxylic acids is 1. The van der Waals surface area contributed by atoms with Gasteiger partial charge in [-0.3, -0.25) is 4.79 Å². The van der Waals surface area contributed by atoms with Gasteiger partial charge < -0.3 is 19.4 Å². The average Bonchev–Trinajstić information content (AvgIpc) is 2.84. The molecular weight excluding hydrogens is 443 g/mol. The first kappa shape index (κ1) is 23.5. The van der Waals surface area contributed by atoms with Crippen LogP contribution in [-0.4, -0.2) is 80.4 Å². The van der Waals surface area contributed by atoms with E-state index in [-0.39, 0.29) is 11.7 Å². The highest BCUT2D eigenvalue weighted by Crippen LogP contribution is 2.28. The molecule has 4 rings (SSSR count). The topological polar surface area (TPSA) is 65.1 Å². The highest BCUT2D eigenvalue weighted by molar-refractivity contribution is 7.98. The van der Waals surface area contributed by atoms with Gasteiger partial charge in [0.25, 0.3) is 5.91 Å². The van der Waals surface area contributed by atoms with Crippen molar-refractivity contribution in [3.05, 3.63) is 53.3 Å². The van der Waals surface area contributed by atoms with Gasteiger partial charge in [-0.1, -0.05) is 6.07 Å². The van der Waals surface area contributed by atoms with Crippen LogP contribution < -0.4 is 14.5 Å². The van der Waals surface area contributed by atoms with Gasteiger partial charge in [-0.25, -0.2) is 13.3 Å². The smallest absolute Gasteiger partial charge is 0.256 e. The first-order chi connectivity index (χ1) is 15.8. The molecule has 7 nitrogen and oxygen atoms in total. The Kier molecular flexibility index (Phi) is 6.92. The van der Waals surface area contributed by atoms with Crippen molar-refractivity contribution >= 4 is 32.9 Å². The minimum atomic E-state index is -2.70. The molecule has 2 aromatic rings. The summed E-state index contributed by atoms with van der Waals surface area (Å²) >= 11 is 0. The summed E-state index contributed by atoms with van der Waals surface area (Å²) in [5.41, 5.74) is 2.76. The zero-order chi connectivity index (χ0) is 23.6. The fourth-order valence-corrected chi connectivity index (χ4v) is 5.11. The van der Waals surface area contributed by atoms with E-state index in [1.54, 1.807) is 30.1 Å². The molecule has 1 amide bonds. The van der Waals surface area contributed by atoms with Gasteiger partial charge in [0.15, 0.2) is 0 Å². The predicted molar refractivity (Wildman–Crippen MR) is 131 cm³/mol. The Bertz CT molecular complexity index is 1120. The second-order valence-corrected chi connectivity index (χ2v) is 10.6. The van der Waals surface area contributed by atoms with Crippen molar-refractivity contribution in [2.45, 2.75) is 11.8 Å². The summed E-state index contributed by atoms with van der Waals surface area (Å²) in [6, 6.07) is 10.5. The number of morpholine rings is 1. The number of carbonyl (C=O) groups is 1. The maximum atomic E-state index is 14.4. The van der Waals surface area contributed by atoms with Crippen LogP contribution in [0.5, 0.6) is 0 Å². The number of piperazine rings is 1. The third kappa shape index (κ3) is 5.00. The Hall–Kier alpha value is -2.62. The van der Waals surface area contributed by atoms with Gasteiger partial charge >= 0.3 is 0 Å². The number of nitrogens with one attached hydrogen (secondary N) is 1. The molecule has 2 heterocycles. The maximum Gasteiger partial charge on any atom is 0.256 e. The number of nitrogens with zero attached hydrogens (tertiary/aromatic N) is 3. The van der Waals surface area contributed by atoms with Crippen molar-refractivity contribution in [1.82, 2.24) is 9.62 Å². The Morgan fingerprint density at radius 3 is 2.27 bits per heavy atom. The van der Waals surface area contributed by atoms with Crippen LogP contribution in [0.15, 0.2) is 41.3 Å². The molecule has 1 atom stereocenters. The molecule has 178 valence electrons. The summed E-state index contributed by atoms with van der Waals surface area (Å²) in [6.45, 7) is 6.47. The second-order valence-electron chi connectivity index (χ2n) is 8.39. The molecule has 0 radical (unpaired) electrons. The monoisotopic (exact) mass is 474 g/mol. The molecule has 2 saturated heterocycles. The Balaban J connectivity index is 1.58. The number of anilines is 2. The number of ether oxygens (including phenoxy) is 1. The van der Waals surface area contributed by atoms with E-state index >= 15 is 0 Å². The fourth-order valence-electron chi connectivity index (χ4n) is 4.28. The molecule has 2 aliphatic rings. The molecule has 0 bridgehead atoms. The van der Waals surface area contributed by atoms with Crippen molar-refractivity contribution in [3.63, 3.8) is 0 Å². The standard InChI is InChI=1S/C24H31FN4O3S/c1-18-4-6-23(21(25)16-18)27-8-10-29(11-9-27)24(30)20-17-19(33(3,31)26-2)5-7-22(20)28-12-14-32-15-13-28/h4-7,16-17H,3,8-15H2,1-2H3,(H,26,31). The molecule has 33 heavy (non-hydrogen) atoms. The average molecular weight is 475 g/mol. The first-order valence-electron chi connectivity index (χ1n) is 11.1. The van der Waals surface area contributed by atoms with Crippen LogP contribution in [0.2, 0.25) is 0 Å². The van der Waals surface area contributed by atoms with Crippen molar-refractivity contribution in [2.75, 3.05) is 69.3 Å². The molecule has 0 saturated carbocycles. The van der Waals surface area contributed by atoms with Crippen LogP contribution in [0.1, 0.15) is 15.9 Å². The lowest BCUT2D eigenvalue weighted by molar-refractivity contribution is 0.0745. The van der Waals surface area contributed by atoms with E-state index in [9.17, 15) is 13.4 Å². The Labute approximate surface area is 195 Å². The zero-order valence-corrected chi connectivity index (χ0v) is 20.0. The van der Waals surface area contributed by atoms with E-state index in [0.717, 1.165) is 11.3 Å². The molecule has 2 fully saturated rings. The van der Waals surface area contributed by atoms with Gasteiger partial charge in [0.05, 0.1) is 34.2 Å². The predicted octanol–water partition coefficient (Wildman–Crippen LogP) is 2.14. The summed E-state index contributed by atoms with van der Waals surface area (Å²) in [5, 5.41) is 0. The van der Waals surface area contributed by atoms with Gasteiger partial charge in [-0.2, -0.15) is 0 Å². The molecule has 1 unspecified atom stereocenters. The van der Waals surface area contributed by atoms with Gasteiger partial charge in [-0.05, 0) is 55.7 Å². The van der Waals surface area contributed by atoms with Gasteiger partial charge in [0, 0.05) is 49.9 Å². The molecular formula is C24H31FN4O3S. The number of hydrogen-bond donors (Lipinski definition) is 1.